The Morgan fingerprint density at radius 1 is 0.490 bits per heavy atom. The molecular formula is C44H25N3OS. The third kappa shape index (κ3) is 3.79. The molecule has 0 atom stereocenters. The summed E-state index contributed by atoms with van der Waals surface area (Å²) in [6.07, 6.45) is 0. The second kappa shape index (κ2) is 10.1. The third-order valence-electron chi connectivity index (χ3n) is 9.82. The summed E-state index contributed by atoms with van der Waals surface area (Å²) in [6.45, 7) is 0. The highest BCUT2D eigenvalue weighted by Crippen LogP contribution is 2.48. The Hall–Kier alpha value is -6.30. The highest BCUT2D eigenvalue weighted by atomic mass is 32.1. The van der Waals surface area contributed by atoms with Crippen molar-refractivity contribution in [1.29, 1.82) is 0 Å². The van der Waals surface area contributed by atoms with Gasteiger partial charge in [0.1, 0.15) is 16.8 Å². The predicted octanol–water partition coefficient (Wildman–Crippen LogP) is 12.3. The molecule has 11 rings (SSSR count). The van der Waals surface area contributed by atoms with Crippen molar-refractivity contribution in [3.05, 3.63) is 152 Å². The first-order valence-corrected chi connectivity index (χ1v) is 17.2. The molecule has 49 heavy (non-hydrogen) atoms. The molecule has 0 saturated heterocycles. The minimum absolute atomic E-state index is 0.528. The normalized spacial score (nSPS) is 12.1. The molecule has 0 radical (unpaired) electrons. The first-order valence-electron chi connectivity index (χ1n) is 16.4. The Bertz CT molecular complexity index is 3100. The fraction of sp³-hybridized carbons (Fsp3) is 0. The second-order valence-electron chi connectivity index (χ2n) is 12.5. The fourth-order valence-electron chi connectivity index (χ4n) is 7.66. The quantitative estimate of drug-likeness (QED) is 0.192. The van der Waals surface area contributed by atoms with Crippen LogP contribution in [0.2, 0.25) is 0 Å². The van der Waals surface area contributed by atoms with Crippen LogP contribution in [0.15, 0.2) is 156 Å². The molecule has 0 aliphatic carbocycles. The predicted molar refractivity (Wildman–Crippen MR) is 205 cm³/mol. The molecule has 4 nitrogen and oxygen atoms in total. The highest BCUT2D eigenvalue weighted by Gasteiger charge is 2.25. The van der Waals surface area contributed by atoms with Crippen molar-refractivity contribution in [2.24, 2.45) is 0 Å². The molecule has 5 heteroatoms. The van der Waals surface area contributed by atoms with E-state index in [1.54, 1.807) is 0 Å². The first-order chi connectivity index (χ1) is 24.3. The van der Waals surface area contributed by atoms with Gasteiger partial charge in [-0.15, -0.1) is 11.3 Å². The van der Waals surface area contributed by atoms with Gasteiger partial charge in [0.25, 0.3) is 0 Å². The van der Waals surface area contributed by atoms with Gasteiger partial charge in [-0.05, 0) is 46.2 Å². The Kier molecular flexibility index (Phi) is 5.51. The summed E-state index contributed by atoms with van der Waals surface area (Å²) in [5.74, 6) is 0.749. The summed E-state index contributed by atoms with van der Waals surface area (Å²) in [5.41, 5.74) is 8.43. The molecule has 0 spiro atoms. The van der Waals surface area contributed by atoms with Gasteiger partial charge in [-0.2, -0.15) is 4.98 Å². The van der Waals surface area contributed by atoms with Crippen LogP contribution in [-0.2, 0) is 0 Å². The molecule has 7 aromatic carbocycles. The van der Waals surface area contributed by atoms with Gasteiger partial charge in [0, 0.05) is 37.2 Å². The summed E-state index contributed by atoms with van der Waals surface area (Å²) < 4.78 is 11.3. The molecule has 0 fully saturated rings. The van der Waals surface area contributed by atoms with Crippen LogP contribution < -0.4 is 0 Å². The largest absolute Gasteiger partial charge is 0.436 e. The lowest BCUT2D eigenvalue weighted by atomic mass is 9.99. The van der Waals surface area contributed by atoms with E-state index in [1.807, 2.05) is 35.6 Å². The number of hydrogen-bond donors (Lipinski definition) is 0. The van der Waals surface area contributed by atoms with Crippen LogP contribution in [0.3, 0.4) is 0 Å². The summed E-state index contributed by atoms with van der Waals surface area (Å²) in [6, 6.07) is 53.5. The van der Waals surface area contributed by atoms with E-state index in [0.717, 1.165) is 50.2 Å². The van der Waals surface area contributed by atoms with E-state index in [2.05, 4.69) is 132 Å². The Labute approximate surface area is 284 Å². The summed E-state index contributed by atoms with van der Waals surface area (Å²) >= 11 is 1.85. The van der Waals surface area contributed by atoms with Gasteiger partial charge in [-0.25, -0.2) is 4.98 Å². The zero-order valence-corrected chi connectivity index (χ0v) is 26.9. The molecular weight excluding hydrogens is 619 g/mol. The Morgan fingerprint density at radius 3 is 1.92 bits per heavy atom. The molecule has 4 aromatic heterocycles. The highest BCUT2D eigenvalue weighted by molar-refractivity contribution is 7.27. The van der Waals surface area contributed by atoms with E-state index in [-0.39, 0.29) is 0 Å². The topological polar surface area (TPSA) is 43.9 Å². The molecule has 0 unspecified atom stereocenters. The second-order valence-corrected chi connectivity index (χ2v) is 13.6. The lowest BCUT2D eigenvalue weighted by molar-refractivity contribution is 0.652. The molecule has 0 amide bonds. The minimum atomic E-state index is 0.528. The van der Waals surface area contributed by atoms with Crippen LogP contribution in [0.25, 0.3) is 103 Å². The number of aromatic nitrogens is 3. The molecule has 0 bridgehead atoms. The van der Waals surface area contributed by atoms with E-state index in [9.17, 15) is 0 Å². The SMILES string of the molecule is c1ccc(-c2ccc(-c3nc4c(nc3-n3c5ccccc5c5c6ccccc6c6c7ccccc7sc6c53)oc3ccccc34)cc2)cc1. The average molecular weight is 644 g/mol. The smallest absolute Gasteiger partial charge is 0.248 e. The van der Waals surface area contributed by atoms with Crippen LogP contribution in [0.4, 0.5) is 0 Å². The number of fused-ring (bicyclic) bond motifs is 13. The maximum Gasteiger partial charge on any atom is 0.248 e. The monoisotopic (exact) mass is 643 g/mol. The van der Waals surface area contributed by atoms with E-state index in [4.69, 9.17) is 14.4 Å². The van der Waals surface area contributed by atoms with Crippen LogP contribution in [-0.4, -0.2) is 14.5 Å². The van der Waals surface area contributed by atoms with Gasteiger partial charge in [0.05, 0.1) is 15.7 Å². The third-order valence-corrected chi connectivity index (χ3v) is 11.0. The van der Waals surface area contributed by atoms with Crippen molar-refractivity contribution < 1.29 is 4.42 Å². The lowest BCUT2D eigenvalue weighted by Gasteiger charge is -2.14. The fourth-order valence-corrected chi connectivity index (χ4v) is 8.92. The first kappa shape index (κ1) is 26.7. The van der Waals surface area contributed by atoms with Crippen LogP contribution in [0, 0.1) is 0 Å². The molecule has 0 N–H and O–H groups in total. The van der Waals surface area contributed by atoms with Crippen LogP contribution in [0.5, 0.6) is 0 Å². The van der Waals surface area contributed by atoms with Gasteiger partial charge in [0.2, 0.25) is 5.71 Å². The maximum absolute atomic E-state index is 6.40. The van der Waals surface area contributed by atoms with Gasteiger partial charge in [0.15, 0.2) is 5.82 Å². The van der Waals surface area contributed by atoms with E-state index in [0.29, 0.717) is 5.71 Å². The number of hydrogen-bond acceptors (Lipinski definition) is 4. The number of nitrogens with zero attached hydrogens (tertiary/aromatic N) is 3. The number of thiophene rings is 1. The van der Waals surface area contributed by atoms with Crippen LogP contribution in [0.1, 0.15) is 0 Å². The summed E-state index contributed by atoms with van der Waals surface area (Å²) in [7, 11) is 0. The van der Waals surface area contributed by atoms with Crippen molar-refractivity contribution in [2.75, 3.05) is 0 Å². The molecule has 4 heterocycles. The van der Waals surface area contributed by atoms with Gasteiger partial charge in [-0.3, -0.25) is 4.57 Å². The van der Waals surface area contributed by atoms with Gasteiger partial charge >= 0.3 is 0 Å². The van der Waals surface area contributed by atoms with Crippen molar-refractivity contribution >= 4 is 86.3 Å². The van der Waals surface area contributed by atoms with Gasteiger partial charge in [-0.1, -0.05) is 127 Å². The summed E-state index contributed by atoms with van der Waals surface area (Å²) in [5, 5.41) is 8.41. The van der Waals surface area contributed by atoms with E-state index < -0.39 is 0 Å². The average Bonchev–Trinajstić information content (AvgIpc) is 3.84. The lowest BCUT2D eigenvalue weighted by Crippen LogP contribution is -2.03. The molecule has 0 aliphatic heterocycles. The van der Waals surface area contributed by atoms with Crippen molar-refractivity contribution in [1.82, 2.24) is 14.5 Å². The molecule has 228 valence electrons. The van der Waals surface area contributed by atoms with Crippen molar-refractivity contribution in [3.8, 4) is 28.2 Å². The summed E-state index contributed by atoms with van der Waals surface area (Å²) in [4.78, 5) is 10.8. The van der Waals surface area contributed by atoms with Crippen LogP contribution >= 0.6 is 11.3 Å². The van der Waals surface area contributed by atoms with E-state index >= 15 is 0 Å². The number of benzene rings is 7. The Balaban J connectivity index is 1.32. The van der Waals surface area contributed by atoms with Crippen molar-refractivity contribution in [3.63, 3.8) is 0 Å². The van der Waals surface area contributed by atoms with Gasteiger partial charge < -0.3 is 4.42 Å². The number of para-hydroxylation sites is 2. The molecule has 11 aromatic rings. The zero-order valence-electron chi connectivity index (χ0n) is 26.1. The Morgan fingerprint density at radius 2 is 1.10 bits per heavy atom. The molecule has 0 saturated carbocycles. The standard InChI is InChI=1S/C44H25N3OS/c1-2-12-26(13-3-1)27-22-24-28(25-23-27)39-43(46-44-40(45-39)32-17-7-10-20-35(32)48-44)47-34-19-9-6-16-31(34)37-29-14-4-5-15-30(29)38-33-18-8-11-21-36(33)49-42(38)41(37)47/h1-25H. The molecule has 0 aliphatic rings. The zero-order chi connectivity index (χ0) is 32.1. The van der Waals surface area contributed by atoms with E-state index in [1.165, 1.54) is 47.3 Å². The maximum atomic E-state index is 6.40. The van der Waals surface area contributed by atoms with Crippen molar-refractivity contribution in [2.45, 2.75) is 0 Å². The minimum Gasteiger partial charge on any atom is -0.436 e. The number of furan rings is 1. The number of rotatable bonds is 3.